The number of hydrogen-bond acceptors (Lipinski definition) is 4. The van der Waals surface area contributed by atoms with Crippen LogP contribution in [-0.4, -0.2) is 17.0 Å². The highest BCUT2D eigenvalue weighted by atomic mass is 19.2. The molecular formula is C29H29F2N3O3. The van der Waals surface area contributed by atoms with E-state index in [4.69, 9.17) is 0 Å². The lowest BCUT2D eigenvalue weighted by Gasteiger charge is -2.43. The summed E-state index contributed by atoms with van der Waals surface area (Å²) in [4.78, 5) is 25.3. The molecule has 37 heavy (non-hydrogen) atoms. The summed E-state index contributed by atoms with van der Waals surface area (Å²) in [6.45, 7) is 1.97. The molecule has 2 aliphatic rings. The van der Waals surface area contributed by atoms with Crippen LogP contribution in [0.25, 0.3) is 0 Å². The molecule has 5 rings (SSSR count). The molecule has 3 aromatic rings. The molecule has 3 aromatic carbocycles. The van der Waals surface area contributed by atoms with Gasteiger partial charge in [0.25, 0.3) is 0 Å². The van der Waals surface area contributed by atoms with Crippen molar-refractivity contribution in [1.82, 2.24) is 0 Å². The van der Waals surface area contributed by atoms with E-state index in [1.54, 1.807) is 12.1 Å². The molecule has 6 nitrogen and oxygen atoms in total. The minimum Gasteiger partial charge on any atom is -0.478 e. The first-order valence-electron chi connectivity index (χ1n) is 12.5. The second-order valence-corrected chi connectivity index (χ2v) is 9.98. The number of carboxylic acids is 1. The maximum Gasteiger partial charge on any atom is 0.335 e. The van der Waals surface area contributed by atoms with Gasteiger partial charge in [-0.15, -0.1) is 0 Å². The third-order valence-corrected chi connectivity index (χ3v) is 7.50. The van der Waals surface area contributed by atoms with Crippen LogP contribution >= 0.6 is 0 Å². The largest absolute Gasteiger partial charge is 0.478 e. The summed E-state index contributed by atoms with van der Waals surface area (Å²) in [5.41, 5.74) is 2.05. The van der Waals surface area contributed by atoms with Crippen LogP contribution in [0.4, 0.5) is 25.8 Å². The van der Waals surface area contributed by atoms with Crippen molar-refractivity contribution in [3.8, 4) is 0 Å². The predicted octanol–water partition coefficient (Wildman–Crippen LogP) is 6.50. The van der Waals surface area contributed by atoms with Crippen LogP contribution in [-0.2, 0) is 10.5 Å². The van der Waals surface area contributed by atoms with Crippen LogP contribution in [0, 0.1) is 30.4 Å². The van der Waals surface area contributed by atoms with Gasteiger partial charge >= 0.3 is 5.97 Å². The van der Waals surface area contributed by atoms with Gasteiger partial charge in [0, 0.05) is 17.8 Å². The standard InChI is InChI=1S/C29H29F2N3O3/c1-17-7-11-20(12-8-17)29(33-24-15-22(30)23(31)16-25(24)34-29)26(18-5-3-2-4-6-18)27(35)32-21-13-9-19(10-14-21)28(36)37/h7-16,18,26,33-34H,2-6H2,1H3,(H,32,35)(H,36,37). The molecular weight excluding hydrogens is 476 g/mol. The minimum absolute atomic E-state index is 0.00245. The Labute approximate surface area is 214 Å². The number of hydrogen-bond donors (Lipinski definition) is 4. The van der Waals surface area contributed by atoms with E-state index >= 15 is 0 Å². The Balaban J connectivity index is 1.59. The van der Waals surface area contributed by atoms with Crippen LogP contribution in [0.3, 0.4) is 0 Å². The van der Waals surface area contributed by atoms with Crippen molar-refractivity contribution in [2.45, 2.75) is 44.7 Å². The third kappa shape index (κ3) is 4.75. The molecule has 1 aliphatic heterocycles. The van der Waals surface area contributed by atoms with E-state index in [-0.39, 0.29) is 17.4 Å². The van der Waals surface area contributed by atoms with Crippen LogP contribution < -0.4 is 16.0 Å². The fourth-order valence-corrected chi connectivity index (χ4v) is 5.65. The first kappa shape index (κ1) is 24.7. The molecule has 1 aliphatic carbocycles. The van der Waals surface area contributed by atoms with Gasteiger partial charge in [-0.05, 0) is 55.5 Å². The van der Waals surface area contributed by atoms with Gasteiger partial charge in [0.2, 0.25) is 5.91 Å². The van der Waals surface area contributed by atoms with E-state index in [1.807, 2.05) is 31.2 Å². The number of carbonyl (C=O) groups is 2. The smallest absolute Gasteiger partial charge is 0.335 e. The summed E-state index contributed by atoms with van der Waals surface area (Å²) < 4.78 is 28.4. The van der Waals surface area contributed by atoms with Gasteiger partial charge in [-0.2, -0.15) is 0 Å². The molecule has 1 atom stereocenters. The van der Waals surface area contributed by atoms with Crippen LogP contribution in [0.15, 0.2) is 60.7 Å². The third-order valence-electron chi connectivity index (χ3n) is 7.50. The zero-order chi connectivity index (χ0) is 26.2. The minimum atomic E-state index is -1.15. The van der Waals surface area contributed by atoms with Gasteiger partial charge in [0.05, 0.1) is 22.9 Å². The average Bonchev–Trinajstić information content (AvgIpc) is 3.24. The molecule has 1 unspecified atom stereocenters. The number of benzene rings is 3. The van der Waals surface area contributed by atoms with Crippen molar-refractivity contribution in [3.05, 3.63) is 89.0 Å². The molecule has 4 N–H and O–H groups in total. The SMILES string of the molecule is Cc1ccc(C2(C(C(=O)Nc3ccc(C(=O)O)cc3)C3CCCCC3)Nc3cc(F)c(F)cc3N2)cc1. The Morgan fingerprint density at radius 1 is 0.919 bits per heavy atom. The van der Waals surface area contributed by atoms with Gasteiger partial charge in [-0.25, -0.2) is 13.6 Å². The Bertz CT molecular complexity index is 1290. The number of fused-ring (bicyclic) bond motifs is 1. The monoisotopic (exact) mass is 505 g/mol. The topological polar surface area (TPSA) is 90.5 Å². The number of carboxylic acid groups (broad SMARTS) is 1. The van der Waals surface area contributed by atoms with Crippen LogP contribution in [0.1, 0.15) is 53.6 Å². The Morgan fingerprint density at radius 3 is 2.03 bits per heavy atom. The summed E-state index contributed by atoms with van der Waals surface area (Å²) in [7, 11) is 0. The van der Waals surface area contributed by atoms with Crippen molar-refractivity contribution >= 4 is 28.9 Å². The molecule has 1 heterocycles. The van der Waals surface area contributed by atoms with E-state index in [0.717, 1.165) is 55.4 Å². The number of amides is 1. The molecule has 0 spiro atoms. The molecule has 8 heteroatoms. The number of aromatic carboxylic acids is 1. The highest BCUT2D eigenvalue weighted by Gasteiger charge is 2.52. The zero-order valence-corrected chi connectivity index (χ0v) is 20.5. The molecule has 0 bridgehead atoms. The highest BCUT2D eigenvalue weighted by molar-refractivity contribution is 5.96. The lowest BCUT2D eigenvalue weighted by Crippen LogP contribution is -2.54. The van der Waals surface area contributed by atoms with Gasteiger partial charge in [-0.3, -0.25) is 4.79 Å². The molecule has 0 radical (unpaired) electrons. The van der Waals surface area contributed by atoms with Gasteiger partial charge in [0.15, 0.2) is 11.6 Å². The molecule has 1 amide bonds. The Morgan fingerprint density at radius 2 is 1.49 bits per heavy atom. The first-order chi connectivity index (χ1) is 17.8. The second-order valence-electron chi connectivity index (χ2n) is 9.98. The lowest BCUT2D eigenvalue weighted by atomic mass is 9.71. The van der Waals surface area contributed by atoms with Crippen molar-refractivity contribution in [2.24, 2.45) is 11.8 Å². The molecule has 1 fully saturated rings. The number of aryl methyl sites for hydroxylation is 1. The van der Waals surface area contributed by atoms with Gasteiger partial charge < -0.3 is 21.1 Å². The zero-order valence-electron chi connectivity index (χ0n) is 20.5. The fourth-order valence-electron chi connectivity index (χ4n) is 5.65. The summed E-state index contributed by atoms with van der Waals surface area (Å²) in [5, 5.41) is 19.0. The number of carbonyl (C=O) groups excluding carboxylic acids is 1. The van der Waals surface area contributed by atoms with Crippen molar-refractivity contribution in [2.75, 3.05) is 16.0 Å². The normalized spacial score (nSPS) is 17.3. The maximum absolute atomic E-state index is 14.2. The average molecular weight is 506 g/mol. The molecule has 192 valence electrons. The summed E-state index contributed by atoms with van der Waals surface area (Å²) in [5.74, 6) is -3.89. The Kier molecular flexibility index (Phi) is 6.58. The molecule has 1 saturated carbocycles. The van der Waals surface area contributed by atoms with E-state index in [0.29, 0.717) is 17.1 Å². The fraction of sp³-hybridized carbons (Fsp3) is 0.310. The van der Waals surface area contributed by atoms with E-state index in [1.165, 1.54) is 12.1 Å². The number of anilines is 3. The van der Waals surface area contributed by atoms with Gasteiger partial charge in [0.1, 0.15) is 5.66 Å². The van der Waals surface area contributed by atoms with Crippen LogP contribution in [0.5, 0.6) is 0 Å². The van der Waals surface area contributed by atoms with E-state index < -0.39 is 29.2 Å². The quantitative estimate of drug-likeness (QED) is 0.307. The summed E-state index contributed by atoms with van der Waals surface area (Å²) in [6.07, 6.45) is 4.75. The second kappa shape index (κ2) is 9.84. The Hall–Kier alpha value is -3.94. The lowest BCUT2D eigenvalue weighted by molar-refractivity contribution is -0.124. The van der Waals surface area contributed by atoms with Crippen molar-refractivity contribution < 1.29 is 23.5 Å². The molecule has 0 aromatic heterocycles. The molecule has 0 saturated heterocycles. The van der Waals surface area contributed by atoms with Crippen LogP contribution in [0.2, 0.25) is 0 Å². The summed E-state index contributed by atoms with van der Waals surface area (Å²) >= 11 is 0. The highest BCUT2D eigenvalue weighted by Crippen LogP contribution is 2.49. The summed E-state index contributed by atoms with van der Waals surface area (Å²) in [6, 6.07) is 16.0. The number of rotatable bonds is 6. The maximum atomic E-state index is 14.2. The van der Waals surface area contributed by atoms with Gasteiger partial charge in [-0.1, -0.05) is 49.1 Å². The van der Waals surface area contributed by atoms with E-state index in [9.17, 15) is 23.5 Å². The number of nitrogens with one attached hydrogen (secondary N) is 3. The van der Waals surface area contributed by atoms with Crippen molar-refractivity contribution in [3.63, 3.8) is 0 Å². The van der Waals surface area contributed by atoms with Crippen molar-refractivity contribution in [1.29, 1.82) is 0 Å². The predicted molar refractivity (Wildman–Crippen MR) is 139 cm³/mol. The van der Waals surface area contributed by atoms with E-state index in [2.05, 4.69) is 16.0 Å². The first-order valence-corrected chi connectivity index (χ1v) is 12.5. The number of halogens is 2.